The Balaban J connectivity index is 0.960. The Morgan fingerprint density at radius 2 is 0.784 bits per heavy atom. The molecule has 0 fully saturated rings. The predicted molar refractivity (Wildman–Crippen MR) is 306 cm³/mol. The molecular formula is C72H44N2. The molecule has 0 N–H and O–H groups in total. The first-order valence-electron chi connectivity index (χ1n) is 25.9. The third-order valence-corrected chi connectivity index (χ3v) is 17.4. The molecule has 2 nitrogen and oxygen atoms in total. The molecule has 1 unspecified atom stereocenters. The van der Waals surface area contributed by atoms with Gasteiger partial charge in [-0.2, -0.15) is 0 Å². The number of anilines is 3. The largest absolute Gasteiger partial charge is 0.310 e. The molecule has 74 heavy (non-hydrogen) atoms. The van der Waals surface area contributed by atoms with Crippen molar-refractivity contribution in [1.82, 2.24) is 4.57 Å². The molecule has 342 valence electrons. The van der Waals surface area contributed by atoms with E-state index >= 15 is 0 Å². The van der Waals surface area contributed by atoms with Crippen LogP contribution in [0.1, 0.15) is 44.5 Å². The van der Waals surface area contributed by atoms with Crippen LogP contribution in [0.25, 0.3) is 82.8 Å². The molecule has 4 aliphatic rings. The number of nitrogens with zero attached hydrogens (tertiary/aromatic N) is 2. The van der Waals surface area contributed by atoms with E-state index in [4.69, 9.17) is 0 Å². The Labute approximate surface area is 429 Å². The number of hydrogen-bond donors (Lipinski definition) is 0. The average molecular weight is 937 g/mol. The molecule has 0 radical (unpaired) electrons. The van der Waals surface area contributed by atoms with Gasteiger partial charge < -0.3 is 9.47 Å². The van der Waals surface area contributed by atoms with Crippen molar-refractivity contribution >= 4 is 49.6 Å². The Kier molecular flexibility index (Phi) is 7.90. The molecule has 2 heterocycles. The smallest absolute Gasteiger partial charge is 0.0755 e. The van der Waals surface area contributed by atoms with Crippen LogP contribution in [0.4, 0.5) is 17.1 Å². The first-order valence-corrected chi connectivity index (χ1v) is 25.9. The Morgan fingerprint density at radius 3 is 1.53 bits per heavy atom. The van der Waals surface area contributed by atoms with Gasteiger partial charge >= 0.3 is 0 Å². The lowest BCUT2D eigenvalue weighted by atomic mass is 9.65. The highest BCUT2D eigenvalue weighted by Crippen LogP contribution is 2.66. The molecule has 1 aliphatic heterocycles. The lowest BCUT2D eigenvalue weighted by Crippen LogP contribution is -2.33. The quantitative estimate of drug-likeness (QED) is 0.171. The summed E-state index contributed by atoms with van der Waals surface area (Å²) >= 11 is 0. The van der Waals surface area contributed by atoms with Crippen molar-refractivity contribution in [3.63, 3.8) is 0 Å². The fourth-order valence-electron chi connectivity index (χ4n) is 14.7. The van der Waals surface area contributed by atoms with Crippen LogP contribution in [0, 0.1) is 0 Å². The number of rotatable bonds is 4. The van der Waals surface area contributed by atoms with E-state index in [0.29, 0.717) is 0 Å². The van der Waals surface area contributed by atoms with E-state index in [1.807, 2.05) is 0 Å². The van der Waals surface area contributed by atoms with Gasteiger partial charge in [0.2, 0.25) is 0 Å². The molecule has 12 aromatic carbocycles. The summed E-state index contributed by atoms with van der Waals surface area (Å²) < 4.78 is 2.54. The fraction of sp³-hybridized carbons (Fsp3) is 0.0278. The number of benzene rings is 12. The van der Waals surface area contributed by atoms with Crippen molar-refractivity contribution in [2.45, 2.75) is 10.8 Å². The molecule has 0 saturated carbocycles. The first kappa shape index (κ1) is 40.1. The molecule has 3 aliphatic carbocycles. The van der Waals surface area contributed by atoms with Crippen molar-refractivity contribution in [2.24, 2.45) is 0 Å². The van der Waals surface area contributed by atoms with E-state index in [-0.39, 0.29) is 0 Å². The third kappa shape index (κ3) is 4.86. The van der Waals surface area contributed by atoms with Crippen LogP contribution in [-0.4, -0.2) is 4.57 Å². The maximum Gasteiger partial charge on any atom is 0.0755 e. The summed E-state index contributed by atoms with van der Waals surface area (Å²) in [6.07, 6.45) is 0. The molecule has 1 atom stereocenters. The monoisotopic (exact) mass is 936 g/mol. The molecule has 0 saturated heterocycles. The number of para-hydroxylation sites is 3. The fourth-order valence-corrected chi connectivity index (χ4v) is 14.7. The number of fused-ring (bicyclic) bond motifs is 23. The molecular weight excluding hydrogens is 893 g/mol. The second-order valence-corrected chi connectivity index (χ2v) is 20.6. The topological polar surface area (TPSA) is 8.17 Å². The van der Waals surface area contributed by atoms with Gasteiger partial charge in [0.25, 0.3) is 0 Å². The zero-order valence-electron chi connectivity index (χ0n) is 40.3. The molecule has 13 aromatic rings. The van der Waals surface area contributed by atoms with Gasteiger partial charge in [-0.15, -0.1) is 0 Å². The van der Waals surface area contributed by atoms with Crippen molar-refractivity contribution in [1.29, 1.82) is 0 Å². The second-order valence-electron chi connectivity index (χ2n) is 20.6. The lowest BCUT2D eigenvalue weighted by Gasteiger charge is -2.40. The van der Waals surface area contributed by atoms with E-state index in [1.54, 1.807) is 0 Å². The average Bonchev–Trinajstić information content (AvgIpc) is 4.17. The lowest BCUT2D eigenvalue weighted by molar-refractivity contribution is 0.748. The molecule has 0 bridgehead atoms. The minimum absolute atomic E-state index is 0.481. The summed E-state index contributed by atoms with van der Waals surface area (Å²) in [7, 11) is 0. The Bertz CT molecular complexity index is 4520. The minimum atomic E-state index is -0.598. The highest BCUT2D eigenvalue weighted by molar-refractivity contribution is 6.13. The highest BCUT2D eigenvalue weighted by atomic mass is 15.1. The molecule has 17 rings (SSSR count). The van der Waals surface area contributed by atoms with Crippen LogP contribution in [0.3, 0.4) is 0 Å². The Hall–Kier alpha value is -9.50. The van der Waals surface area contributed by atoms with Crippen LogP contribution in [-0.2, 0) is 10.8 Å². The van der Waals surface area contributed by atoms with Gasteiger partial charge in [0.05, 0.1) is 33.2 Å². The van der Waals surface area contributed by atoms with Crippen molar-refractivity contribution in [2.75, 3.05) is 4.90 Å². The van der Waals surface area contributed by atoms with Crippen LogP contribution in [0.15, 0.2) is 267 Å². The van der Waals surface area contributed by atoms with Crippen LogP contribution in [0.5, 0.6) is 0 Å². The number of hydrogen-bond acceptors (Lipinski definition) is 1. The third-order valence-electron chi connectivity index (χ3n) is 17.4. The summed E-state index contributed by atoms with van der Waals surface area (Å²) in [5.41, 5.74) is 26.7. The standard InChI is InChI=1S/C72H44N2/c1-2-20-49-45(18-1)19-15-26-50(49)46-38-40-47(41-39-46)73(68-37-17-33-63-69(68)57-25-6-11-31-61(57)71(63)58-28-8-3-21-51(58)52-22-4-9-29-59(52)71)48-42-43-54-53-23-5-10-30-60(53)72(65(54)44-48)62-32-12-14-36-67(62)74-66-35-13-7-24-55(66)56-27-16-34-64(72)70(56)74/h1-44H. The summed E-state index contributed by atoms with van der Waals surface area (Å²) in [5.74, 6) is 0. The molecule has 0 amide bonds. The van der Waals surface area contributed by atoms with Gasteiger partial charge in [-0.25, -0.2) is 0 Å². The van der Waals surface area contributed by atoms with Crippen molar-refractivity contribution in [3.05, 3.63) is 311 Å². The zero-order chi connectivity index (χ0) is 48.3. The molecule has 2 heteroatoms. The van der Waals surface area contributed by atoms with E-state index in [2.05, 4.69) is 276 Å². The summed E-state index contributed by atoms with van der Waals surface area (Å²) in [6, 6.07) is 101. The van der Waals surface area contributed by atoms with Crippen LogP contribution in [0.2, 0.25) is 0 Å². The molecule has 1 aromatic heterocycles. The SMILES string of the molecule is c1ccc2c(c1)-c1ccccc1C21c2ccccc2-c2c(N(c3ccc(-c4cccc5ccccc45)cc3)c3ccc4c(c3)C3(c5ccccc5-4)c4ccccc4-n4c5ccccc5c5cccc3c54)cccc21. The van der Waals surface area contributed by atoms with Crippen molar-refractivity contribution < 1.29 is 0 Å². The summed E-state index contributed by atoms with van der Waals surface area (Å²) in [5, 5.41) is 5.05. The normalized spacial score (nSPS) is 15.5. The van der Waals surface area contributed by atoms with E-state index in [9.17, 15) is 0 Å². The zero-order valence-corrected chi connectivity index (χ0v) is 40.3. The van der Waals surface area contributed by atoms with Gasteiger partial charge in [0.1, 0.15) is 0 Å². The maximum atomic E-state index is 2.57. The van der Waals surface area contributed by atoms with E-state index < -0.39 is 10.8 Å². The van der Waals surface area contributed by atoms with Gasteiger partial charge in [-0.3, -0.25) is 0 Å². The van der Waals surface area contributed by atoms with Crippen LogP contribution >= 0.6 is 0 Å². The number of aromatic nitrogens is 1. The minimum Gasteiger partial charge on any atom is -0.310 e. The van der Waals surface area contributed by atoms with E-state index in [0.717, 1.165) is 17.1 Å². The summed E-state index contributed by atoms with van der Waals surface area (Å²) in [6.45, 7) is 0. The highest BCUT2D eigenvalue weighted by Gasteiger charge is 2.54. The Morgan fingerprint density at radius 1 is 0.297 bits per heavy atom. The molecule has 2 spiro atoms. The summed E-state index contributed by atoms with van der Waals surface area (Å²) in [4.78, 5) is 2.57. The van der Waals surface area contributed by atoms with Gasteiger partial charge in [0.15, 0.2) is 0 Å². The second kappa shape index (κ2) is 14.6. The van der Waals surface area contributed by atoms with Crippen LogP contribution < -0.4 is 4.90 Å². The first-order chi connectivity index (χ1) is 36.7. The van der Waals surface area contributed by atoms with Crippen molar-refractivity contribution in [3.8, 4) is 50.2 Å². The van der Waals surface area contributed by atoms with Gasteiger partial charge in [0, 0.05) is 27.7 Å². The maximum absolute atomic E-state index is 2.57. The van der Waals surface area contributed by atoms with Gasteiger partial charge in [-0.05, 0) is 137 Å². The van der Waals surface area contributed by atoms with E-state index in [1.165, 1.54) is 127 Å². The predicted octanol–water partition coefficient (Wildman–Crippen LogP) is 18.1. The van der Waals surface area contributed by atoms with Gasteiger partial charge in [-0.1, -0.05) is 224 Å².